The van der Waals surface area contributed by atoms with Crippen LogP contribution in [0.15, 0.2) is 48.5 Å². The largest absolute Gasteiger partial charge is 0.396 e. The van der Waals surface area contributed by atoms with Gasteiger partial charge in [0.25, 0.3) is 0 Å². The zero-order valence-electron chi connectivity index (χ0n) is 11.3. The molecule has 0 aliphatic rings. The van der Waals surface area contributed by atoms with Gasteiger partial charge in [-0.2, -0.15) is 0 Å². The van der Waals surface area contributed by atoms with Gasteiger partial charge < -0.3 is 5.73 Å². The summed E-state index contributed by atoms with van der Waals surface area (Å²) in [5.74, 6) is -0.575. The van der Waals surface area contributed by atoms with E-state index in [1.807, 2.05) is 42.3 Å². The third-order valence-electron chi connectivity index (χ3n) is 3.03. The molecule has 0 spiro atoms. The van der Waals surface area contributed by atoms with Gasteiger partial charge in [-0.1, -0.05) is 30.3 Å². The Morgan fingerprint density at radius 3 is 2.55 bits per heavy atom. The predicted octanol–water partition coefficient (Wildman–Crippen LogP) is 2.72. The smallest absolute Gasteiger partial charge is 0.176 e. The second-order valence-electron chi connectivity index (χ2n) is 4.82. The van der Waals surface area contributed by atoms with Crippen LogP contribution in [0.1, 0.15) is 15.9 Å². The van der Waals surface area contributed by atoms with Crippen LogP contribution in [-0.2, 0) is 6.54 Å². The van der Waals surface area contributed by atoms with Crippen molar-refractivity contribution in [2.45, 2.75) is 6.54 Å². The molecule has 0 saturated carbocycles. The predicted molar refractivity (Wildman–Crippen MR) is 77.9 cm³/mol. The molecule has 0 unspecified atom stereocenters. The Labute approximate surface area is 117 Å². The van der Waals surface area contributed by atoms with E-state index < -0.39 is 5.82 Å². The van der Waals surface area contributed by atoms with Crippen LogP contribution >= 0.6 is 0 Å². The quantitative estimate of drug-likeness (QED) is 0.672. The molecule has 0 radical (unpaired) electrons. The molecule has 0 aliphatic heterocycles. The molecule has 0 aromatic heterocycles. The maximum absolute atomic E-state index is 13.1. The number of halogens is 1. The lowest BCUT2D eigenvalue weighted by Crippen LogP contribution is -2.25. The number of hydrogen-bond acceptors (Lipinski definition) is 3. The van der Waals surface area contributed by atoms with Crippen molar-refractivity contribution in [2.75, 3.05) is 19.3 Å². The molecule has 0 atom stereocenters. The number of ketones is 1. The molecule has 2 aromatic carbocycles. The lowest BCUT2D eigenvalue weighted by atomic mass is 10.1. The summed E-state index contributed by atoms with van der Waals surface area (Å²) in [5.41, 5.74) is 7.05. The lowest BCUT2D eigenvalue weighted by Gasteiger charge is -2.16. The van der Waals surface area contributed by atoms with E-state index in [1.165, 1.54) is 18.2 Å². The van der Waals surface area contributed by atoms with E-state index in [9.17, 15) is 9.18 Å². The molecular weight excluding hydrogens is 255 g/mol. The molecule has 20 heavy (non-hydrogen) atoms. The Morgan fingerprint density at radius 1 is 1.20 bits per heavy atom. The lowest BCUT2D eigenvalue weighted by molar-refractivity contribution is 0.0943. The van der Waals surface area contributed by atoms with Crippen molar-refractivity contribution in [1.82, 2.24) is 4.90 Å². The highest BCUT2D eigenvalue weighted by molar-refractivity contribution is 5.98. The Hall–Kier alpha value is -2.20. The number of nitrogens with two attached hydrogens (primary N) is 1. The summed E-state index contributed by atoms with van der Waals surface area (Å²) >= 11 is 0. The average Bonchev–Trinajstić information content (AvgIpc) is 2.42. The van der Waals surface area contributed by atoms with Crippen molar-refractivity contribution >= 4 is 11.5 Å². The molecule has 0 bridgehead atoms. The van der Waals surface area contributed by atoms with Crippen molar-refractivity contribution in [3.63, 3.8) is 0 Å². The fourth-order valence-corrected chi connectivity index (χ4v) is 2.00. The topological polar surface area (TPSA) is 46.3 Å². The SMILES string of the molecule is CN(CC(=O)c1ccc(F)c(N)c1)Cc1ccccc1. The van der Waals surface area contributed by atoms with Gasteiger partial charge in [-0.3, -0.25) is 9.69 Å². The molecule has 0 heterocycles. The molecule has 2 rings (SSSR count). The summed E-state index contributed by atoms with van der Waals surface area (Å²) in [6.07, 6.45) is 0. The van der Waals surface area contributed by atoms with Crippen molar-refractivity contribution in [3.8, 4) is 0 Å². The molecule has 3 nitrogen and oxygen atoms in total. The summed E-state index contributed by atoms with van der Waals surface area (Å²) < 4.78 is 13.1. The van der Waals surface area contributed by atoms with Crippen LogP contribution < -0.4 is 5.73 Å². The highest BCUT2D eigenvalue weighted by Crippen LogP contribution is 2.13. The van der Waals surface area contributed by atoms with E-state index in [0.29, 0.717) is 12.1 Å². The summed E-state index contributed by atoms with van der Waals surface area (Å²) in [6, 6.07) is 14.0. The number of likely N-dealkylation sites (N-methyl/N-ethyl adjacent to an activating group) is 1. The Balaban J connectivity index is 1.98. The van der Waals surface area contributed by atoms with Gasteiger partial charge in [0, 0.05) is 12.1 Å². The van der Waals surface area contributed by atoms with E-state index in [4.69, 9.17) is 5.73 Å². The van der Waals surface area contributed by atoms with E-state index in [-0.39, 0.29) is 18.0 Å². The number of benzene rings is 2. The number of hydrogen-bond donors (Lipinski definition) is 1. The molecule has 2 N–H and O–H groups in total. The van der Waals surface area contributed by atoms with Gasteiger partial charge >= 0.3 is 0 Å². The molecule has 104 valence electrons. The first-order valence-corrected chi connectivity index (χ1v) is 6.37. The minimum Gasteiger partial charge on any atom is -0.396 e. The third kappa shape index (κ3) is 3.65. The minimum absolute atomic E-state index is 0.00145. The van der Waals surface area contributed by atoms with E-state index in [2.05, 4.69) is 0 Å². The van der Waals surface area contributed by atoms with Crippen molar-refractivity contribution in [1.29, 1.82) is 0 Å². The van der Waals surface area contributed by atoms with Gasteiger partial charge in [0.15, 0.2) is 5.78 Å². The first-order chi connectivity index (χ1) is 9.56. The van der Waals surface area contributed by atoms with E-state index >= 15 is 0 Å². The standard InChI is InChI=1S/C16H17FN2O/c1-19(10-12-5-3-2-4-6-12)11-16(20)13-7-8-14(17)15(18)9-13/h2-9H,10-11,18H2,1H3. The number of carbonyl (C=O) groups excluding carboxylic acids is 1. The molecule has 0 amide bonds. The molecule has 4 heteroatoms. The van der Waals surface area contributed by atoms with Crippen LogP contribution in [0.25, 0.3) is 0 Å². The zero-order valence-corrected chi connectivity index (χ0v) is 11.3. The Morgan fingerprint density at radius 2 is 1.90 bits per heavy atom. The van der Waals surface area contributed by atoms with Gasteiger partial charge in [-0.25, -0.2) is 4.39 Å². The highest BCUT2D eigenvalue weighted by Gasteiger charge is 2.11. The van der Waals surface area contributed by atoms with Crippen LogP contribution in [0.2, 0.25) is 0 Å². The number of rotatable bonds is 5. The van der Waals surface area contributed by atoms with Crippen molar-refractivity contribution in [3.05, 3.63) is 65.5 Å². The van der Waals surface area contributed by atoms with Gasteiger partial charge in [0.1, 0.15) is 5.82 Å². The highest BCUT2D eigenvalue weighted by atomic mass is 19.1. The molecule has 0 saturated heterocycles. The molecule has 2 aromatic rings. The van der Waals surface area contributed by atoms with E-state index in [0.717, 1.165) is 5.56 Å². The summed E-state index contributed by atoms with van der Waals surface area (Å²) in [4.78, 5) is 14.0. The third-order valence-corrected chi connectivity index (χ3v) is 3.03. The van der Waals surface area contributed by atoms with Crippen molar-refractivity contribution in [2.24, 2.45) is 0 Å². The minimum atomic E-state index is -0.501. The number of nitrogen functional groups attached to an aromatic ring is 1. The van der Waals surface area contributed by atoms with Gasteiger partial charge in [0.05, 0.1) is 12.2 Å². The van der Waals surface area contributed by atoms with Crippen molar-refractivity contribution < 1.29 is 9.18 Å². The second-order valence-corrected chi connectivity index (χ2v) is 4.82. The number of nitrogens with zero attached hydrogens (tertiary/aromatic N) is 1. The maximum Gasteiger partial charge on any atom is 0.176 e. The molecule has 0 fully saturated rings. The molecule has 0 aliphatic carbocycles. The zero-order chi connectivity index (χ0) is 14.5. The fraction of sp³-hybridized carbons (Fsp3) is 0.188. The van der Waals surface area contributed by atoms with Crippen LogP contribution in [-0.4, -0.2) is 24.3 Å². The van der Waals surface area contributed by atoms with Crippen LogP contribution in [0.5, 0.6) is 0 Å². The second kappa shape index (κ2) is 6.30. The monoisotopic (exact) mass is 272 g/mol. The van der Waals surface area contributed by atoms with Gasteiger partial charge in [0.2, 0.25) is 0 Å². The van der Waals surface area contributed by atoms with Gasteiger partial charge in [-0.05, 0) is 30.8 Å². The van der Waals surface area contributed by atoms with Gasteiger partial charge in [-0.15, -0.1) is 0 Å². The number of Topliss-reactive ketones (excluding diaryl/α,β-unsaturated/α-hetero) is 1. The maximum atomic E-state index is 13.1. The number of anilines is 1. The van der Waals surface area contributed by atoms with Crippen LogP contribution in [0, 0.1) is 5.82 Å². The summed E-state index contributed by atoms with van der Waals surface area (Å²) in [7, 11) is 1.87. The van der Waals surface area contributed by atoms with Crippen LogP contribution in [0.3, 0.4) is 0 Å². The first kappa shape index (κ1) is 14.2. The average molecular weight is 272 g/mol. The van der Waals surface area contributed by atoms with E-state index in [1.54, 1.807) is 0 Å². The summed E-state index contributed by atoms with van der Waals surface area (Å²) in [6.45, 7) is 0.948. The Bertz CT molecular complexity index is 599. The first-order valence-electron chi connectivity index (χ1n) is 6.37. The summed E-state index contributed by atoms with van der Waals surface area (Å²) in [5, 5.41) is 0. The molecular formula is C16H17FN2O. The number of carbonyl (C=O) groups is 1. The normalized spacial score (nSPS) is 10.8. The Kier molecular flexibility index (Phi) is 4.48. The van der Waals surface area contributed by atoms with Crippen LogP contribution in [0.4, 0.5) is 10.1 Å². The fourth-order valence-electron chi connectivity index (χ4n) is 2.00.